The van der Waals surface area contributed by atoms with Crippen LogP contribution in [0.15, 0.2) is 18.2 Å². The van der Waals surface area contributed by atoms with Crippen molar-refractivity contribution in [1.29, 1.82) is 0 Å². The molecule has 1 aliphatic rings. The summed E-state index contributed by atoms with van der Waals surface area (Å²) < 4.78 is 18.6. The predicted octanol–water partition coefficient (Wildman–Crippen LogP) is 2.09. The first kappa shape index (κ1) is 18.2. The second-order valence-electron chi connectivity index (χ2n) is 6.36. The van der Waals surface area contributed by atoms with E-state index in [1.54, 1.807) is 11.0 Å². The van der Waals surface area contributed by atoms with Gasteiger partial charge in [0.05, 0.1) is 13.5 Å². The maximum atomic E-state index is 13.7. The molecule has 0 unspecified atom stereocenters. The number of halogens is 1. The highest BCUT2D eigenvalue weighted by Crippen LogP contribution is 2.18. The summed E-state index contributed by atoms with van der Waals surface area (Å²) in [6.45, 7) is 6.15. The average Bonchev–Trinajstić information content (AvgIpc) is 2.80. The zero-order valence-corrected chi connectivity index (χ0v) is 14.5. The summed E-state index contributed by atoms with van der Waals surface area (Å²) in [5.74, 6) is -0.245. The Hall–Kier alpha value is -2.11. The van der Waals surface area contributed by atoms with Gasteiger partial charge in [0.15, 0.2) is 11.6 Å². The van der Waals surface area contributed by atoms with Crippen molar-refractivity contribution in [2.24, 2.45) is 5.92 Å². The Labute approximate surface area is 142 Å². The molecule has 0 radical (unpaired) electrons. The fraction of sp³-hybridized carbons (Fsp3) is 0.556. The van der Waals surface area contributed by atoms with Gasteiger partial charge in [-0.3, -0.25) is 9.59 Å². The minimum atomic E-state index is -0.465. The number of hydrogen-bond donors (Lipinski definition) is 0. The molecule has 1 aromatic rings. The highest BCUT2D eigenvalue weighted by atomic mass is 19.1. The Bertz CT molecular complexity index is 604. The number of carbonyl (C=O) groups excluding carboxylic acids is 2. The van der Waals surface area contributed by atoms with E-state index in [2.05, 4.69) is 0 Å². The molecule has 1 heterocycles. The van der Waals surface area contributed by atoms with Gasteiger partial charge in [0, 0.05) is 32.1 Å². The van der Waals surface area contributed by atoms with Crippen molar-refractivity contribution in [1.82, 2.24) is 9.80 Å². The van der Waals surface area contributed by atoms with E-state index in [-0.39, 0.29) is 29.9 Å². The summed E-state index contributed by atoms with van der Waals surface area (Å²) in [6.07, 6.45) is 0.917. The Kier molecular flexibility index (Phi) is 6.17. The van der Waals surface area contributed by atoms with Gasteiger partial charge in [-0.1, -0.05) is 19.9 Å². The summed E-state index contributed by atoms with van der Waals surface area (Å²) in [7, 11) is 1.41. The van der Waals surface area contributed by atoms with E-state index in [0.717, 1.165) is 6.42 Å². The Morgan fingerprint density at radius 3 is 2.46 bits per heavy atom. The molecule has 0 aliphatic carbocycles. The van der Waals surface area contributed by atoms with Crippen molar-refractivity contribution in [2.45, 2.75) is 26.7 Å². The summed E-state index contributed by atoms with van der Waals surface area (Å²) in [6, 6.07) is 4.57. The minimum Gasteiger partial charge on any atom is -0.494 e. The summed E-state index contributed by atoms with van der Waals surface area (Å²) in [5, 5.41) is 0. The first-order valence-electron chi connectivity index (χ1n) is 8.31. The molecule has 1 aliphatic heterocycles. The van der Waals surface area contributed by atoms with E-state index in [1.807, 2.05) is 18.7 Å². The van der Waals surface area contributed by atoms with Crippen LogP contribution in [0.3, 0.4) is 0 Å². The van der Waals surface area contributed by atoms with Gasteiger partial charge in [-0.05, 0) is 24.1 Å². The van der Waals surface area contributed by atoms with Crippen LogP contribution in [0, 0.1) is 11.7 Å². The van der Waals surface area contributed by atoms with Crippen LogP contribution >= 0.6 is 0 Å². The second kappa shape index (κ2) is 8.13. The van der Waals surface area contributed by atoms with E-state index >= 15 is 0 Å². The van der Waals surface area contributed by atoms with Crippen molar-refractivity contribution in [3.63, 3.8) is 0 Å². The first-order chi connectivity index (χ1) is 11.4. The van der Waals surface area contributed by atoms with Crippen molar-refractivity contribution in [2.75, 3.05) is 33.3 Å². The molecule has 1 fully saturated rings. The molecule has 0 saturated carbocycles. The maximum absolute atomic E-state index is 13.7. The first-order valence-corrected chi connectivity index (χ1v) is 8.31. The monoisotopic (exact) mass is 336 g/mol. The van der Waals surface area contributed by atoms with Crippen LogP contribution in [0.2, 0.25) is 0 Å². The Morgan fingerprint density at radius 1 is 1.17 bits per heavy atom. The normalized spacial score (nSPS) is 15.4. The van der Waals surface area contributed by atoms with Crippen LogP contribution in [-0.4, -0.2) is 54.9 Å². The molecule has 1 aromatic carbocycles. The van der Waals surface area contributed by atoms with Gasteiger partial charge < -0.3 is 14.5 Å². The Balaban J connectivity index is 1.95. The fourth-order valence-electron chi connectivity index (χ4n) is 2.86. The zero-order valence-electron chi connectivity index (χ0n) is 14.5. The van der Waals surface area contributed by atoms with Gasteiger partial charge in [0.2, 0.25) is 11.8 Å². The lowest BCUT2D eigenvalue weighted by molar-refractivity contribution is -0.135. The van der Waals surface area contributed by atoms with Crippen LogP contribution in [0.4, 0.5) is 4.39 Å². The second-order valence-corrected chi connectivity index (χ2v) is 6.36. The smallest absolute Gasteiger partial charge is 0.227 e. The molecular formula is C18H25FN2O3. The number of carbonyl (C=O) groups is 2. The predicted molar refractivity (Wildman–Crippen MR) is 89.3 cm³/mol. The maximum Gasteiger partial charge on any atom is 0.227 e. The number of hydrogen-bond acceptors (Lipinski definition) is 3. The SMILES string of the molecule is COc1ccc(CC(=O)N2CCCN(C(=O)C(C)C)CC2)cc1F. The molecule has 0 spiro atoms. The van der Waals surface area contributed by atoms with Gasteiger partial charge in [0.25, 0.3) is 0 Å². The lowest BCUT2D eigenvalue weighted by atomic mass is 10.1. The zero-order chi connectivity index (χ0) is 17.7. The quantitative estimate of drug-likeness (QED) is 0.846. The van der Waals surface area contributed by atoms with Gasteiger partial charge in [0.1, 0.15) is 0 Å². The molecule has 0 N–H and O–H groups in total. The highest BCUT2D eigenvalue weighted by molar-refractivity contribution is 5.80. The molecule has 2 amide bonds. The van der Waals surface area contributed by atoms with Crippen LogP contribution in [0.25, 0.3) is 0 Å². The van der Waals surface area contributed by atoms with Crippen LogP contribution < -0.4 is 4.74 Å². The minimum absolute atomic E-state index is 0.0328. The third kappa shape index (κ3) is 4.46. The molecule has 0 bridgehead atoms. The molecule has 5 nitrogen and oxygen atoms in total. The van der Waals surface area contributed by atoms with Gasteiger partial charge in [-0.15, -0.1) is 0 Å². The molecule has 2 rings (SSSR count). The third-order valence-corrected chi connectivity index (χ3v) is 4.23. The van der Waals surface area contributed by atoms with Crippen LogP contribution in [0.5, 0.6) is 5.75 Å². The summed E-state index contributed by atoms with van der Waals surface area (Å²) in [5.41, 5.74) is 0.623. The lowest BCUT2D eigenvalue weighted by Gasteiger charge is -2.23. The number of benzene rings is 1. The van der Waals surface area contributed by atoms with Crippen LogP contribution in [-0.2, 0) is 16.0 Å². The van der Waals surface area contributed by atoms with Crippen molar-refractivity contribution >= 4 is 11.8 Å². The fourth-order valence-corrected chi connectivity index (χ4v) is 2.86. The van der Waals surface area contributed by atoms with E-state index in [9.17, 15) is 14.0 Å². The largest absolute Gasteiger partial charge is 0.494 e. The molecule has 0 aromatic heterocycles. The average molecular weight is 336 g/mol. The van der Waals surface area contributed by atoms with Gasteiger partial charge >= 0.3 is 0 Å². The molecule has 24 heavy (non-hydrogen) atoms. The van der Waals surface area contributed by atoms with Gasteiger partial charge in [-0.25, -0.2) is 4.39 Å². The lowest BCUT2D eigenvalue weighted by Crippen LogP contribution is -2.39. The number of nitrogens with zero attached hydrogens (tertiary/aromatic N) is 2. The molecule has 0 atom stereocenters. The number of amides is 2. The molecule has 6 heteroatoms. The third-order valence-electron chi connectivity index (χ3n) is 4.23. The van der Waals surface area contributed by atoms with E-state index < -0.39 is 5.82 Å². The number of rotatable bonds is 4. The highest BCUT2D eigenvalue weighted by Gasteiger charge is 2.23. The van der Waals surface area contributed by atoms with Crippen molar-refractivity contribution < 1.29 is 18.7 Å². The molecule has 1 saturated heterocycles. The van der Waals surface area contributed by atoms with Crippen molar-refractivity contribution in [3.8, 4) is 5.75 Å². The molecule has 132 valence electrons. The van der Waals surface area contributed by atoms with E-state index in [0.29, 0.717) is 31.7 Å². The standard InChI is InChI=1S/C18H25FN2O3/c1-13(2)18(23)21-8-4-7-20(9-10-21)17(22)12-14-5-6-16(24-3)15(19)11-14/h5-6,11,13H,4,7-10,12H2,1-3H3. The summed E-state index contributed by atoms with van der Waals surface area (Å²) >= 11 is 0. The Morgan fingerprint density at radius 2 is 1.83 bits per heavy atom. The van der Waals surface area contributed by atoms with Crippen molar-refractivity contribution in [3.05, 3.63) is 29.6 Å². The topological polar surface area (TPSA) is 49.9 Å². The summed E-state index contributed by atoms with van der Waals surface area (Å²) in [4.78, 5) is 28.1. The van der Waals surface area contributed by atoms with E-state index in [4.69, 9.17) is 4.74 Å². The number of ether oxygens (including phenoxy) is 1. The number of methoxy groups -OCH3 is 1. The molecular weight excluding hydrogens is 311 g/mol. The van der Waals surface area contributed by atoms with Crippen LogP contribution in [0.1, 0.15) is 25.8 Å². The van der Waals surface area contributed by atoms with Gasteiger partial charge in [-0.2, -0.15) is 0 Å². The van der Waals surface area contributed by atoms with E-state index in [1.165, 1.54) is 19.2 Å².